The van der Waals surface area contributed by atoms with Gasteiger partial charge in [-0.05, 0) is 38.8 Å². The summed E-state index contributed by atoms with van der Waals surface area (Å²) in [5.74, 6) is -0.303. The minimum absolute atomic E-state index is 0.0205. The molecule has 142 valence electrons. The molecule has 2 N–H and O–H groups in total. The zero-order chi connectivity index (χ0) is 18.8. The maximum absolute atomic E-state index is 11.8. The van der Waals surface area contributed by atoms with E-state index in [0.29, 0.717) is 43.4 Å². The van der Waals surface area contributed by atoms with Crippen LogP contribution in [0.15, 0.2) is 23.3 Å². The van der Waals surface area contributed by atoms with Gasteiger partial charge in [-0.2, -0.15) is 5.10 Å². The maximum atomic E-state index is 11.8. The number of ether oxygens (including phenoxy) is 3. The van der Waals surface area contributed by atoms with Crippen LogP contribution in [0.25, 0.3) is 0 Å². The van der Waals surface area contributed by atoms with Crippen molar-refractivity contribution >= 4 is 18.0 Å². The van der Waals surface area contributed by atoms with Crippen molar-refractivity contribution in [2.75, 3.05) is 26.4 Å². The van der Waals surface area contributed by atoms with E-state index >= 15 is 0 Å². The Bertz CT molecular complexity index is 642. The van der Waals surface area contributed by atoms with E-state index in [1.807, 2.05) is 13.8 Å². The second-order valence-corrected chi connectivity index (χ2v) is 5.61. The van der Waals surface area contributed by atoms with Gasteiger partial charge in [0.05, 0.1) is 25.5 Å². The normalized spacial score (nSPS) is 16.5. The molecule has 0 unspecified atom stereocenters. The van der Waals surface area contributed by atoms with Crippen molar-refractivity contribution in [1.82, 2.24) is 10.7 Å². The number of carbonyl (C=O) groups excluding carboxylic acids is 2. The van der Waals surface area contributed by atoms with Gasteiger partial charge in [0.15, 0.2) is 0 Å². The highest BCUT2D eigenvalue weighted by atomic mass is 16.5. The lowest BCUT2D eigenvalue weighted by Crippen LogP contribution is -2.41. The molecule has 0 aromatic heterocycles. The van der Waals surface area contributed by atoms with Crippen LogP contribution in [0, 0.1) is 0 Å². The average Bonchev–Trinajstić information content (AvgIpc) is 3.15. The van der Waals surface area contributed by atoms with Crippen LogP contribution in [0.5, 0.6) is 11.5 Å². The third-order valence-electron chi connectivity index (χ3n) is 3.69. The lowest BCUT2D eigenvalue weighted by atomic mass is 10.2. The van der Waals surface area contributed by atoms with Gasteiger partial charge in [0.2, 0.25) is 0 Å². The summed E-state index contributed by atoms with van der Waals surface area (Å²) in [6, 6.07) is 5.30. The van der Waals surface area contributed by atoms with Gasteiger partial charge in [-0.3, -0.25) is 9.59 Å². The molecule has 2 rings (SSSR count). The summed E-state index contributed by atoms with van der Waals surface area (Å²) in [5.41, 5.74) is 2.87. The fourth-order valence-electron chi connectivity index (χ4n) is 2.46. The summed E-state index contributed by atoms with van der Waals surface area (Å²) in [6.07, 6.45) is 3.26. The zero-order valence-corrected chi connectivity index (χ0v) is 15.1. The van der Waals surface area contributed by atoms with E-state index in [-0.39, 0.29) is 6.10 Å². The number of benzene rings is 1. The van der Waals surface area contributed by atoms with Gasteiger partial charge in [0, 0.05) is 24.8 Å². The van der Waals surface area contributed by atoms with Crippen molar-refractivity contribution in [2.45, 2.75) is 32.8 Å². The molecule has 2 amide bonds. The first-order valence-corrected chi connectivity index (χ1v) is 8.76. The summed E-state index contributed by atoms with van der Waals surface area (Å²) in [4.78, 5) is 23.5. The number of hydrazone groups is 1. The largest absolute Gasteiger partial charge is 0.494 e. The van der Waals surface area contributed by atoms with E-state index < -0.39 is 11.8 Å². The first-order valence-electron chi connectivity index (χ1n) is 8.76. The molecule has 0 aliphatic carbocycles. The van der Waals surface area contributed by atoms with Gasteiger partial charge >= 0.3 is 11.8 Å². The van der Waals surface area contributed by atoms with Crippen LogP contribution < -0.4 is 20.2 Å². The third-order valence-corrected chi connectivity index (χ3v) is 3.69. The Labute approximate surface area is 152 Å². The molecule has 1 saturated heterocycles. The van der Waals surface area contributed by atoms with E-state index in [1.54, 1.807) is 18.2 Å². The minimum atomic E-state index is -0.830. The molecule has 0 bridgehead atoms. The van der Waals surface area contributed by atoms with Crippen molar-refractivity contribution in [2.24, 2.45) is 5.10 Å². The molecule has 1 fully saturated rings. The van der Waals surface area contributed by atoms with E-state index in [9.17, 15) is 9.59 Å². The quantitative estimate of drug-likeness (QED) is 0.411. The van der Waals surface area contributed by atoms with Gasteiger partial charge < -0.3 is 19.5 Å². The zero-order valence-electron chi connectivity index (χ0n) is 15.1. The van der Waals surface area contributed by atoms with Crippen molar-refractivity contribution in [3.05, 3.63) is 23.8 Å². The predicted octanol–water partition coefficient (Wildman–Crippen LogP) is 1.23. The Morgan fingerprint density at radius 3 is 2.77 bits per heavy atom. The van der Waals surface area contributed by atoms with Crippen molar-refractivity contribution < 1.29 is 23.8 Å². The number of amides is 2. The van der Waals surface area contributed by atoms with Crippen LogP contribution in [0.3, 0.4) is 0 Å². The first kappa shape index (κ1) is 19.7. The van der Waals surface area contributed by atoms with Crippen molar-refractivity contribution in [3.63, 3.8) is 0 Å². The Morgan fingerprint density at radius 1 is 1.27 bits per heavy atom. The van der Waals surface area contributed by atoms with Crippen molar-refractivity contribution in [1.29, 1.82) is 0 Å². The second-order valence-electron chi connectivity index (χ2n) is 5.61. The van der Waals surface area contributed by atoms with Crippen LogP contribution in [0.4, 0.5) is 0 Å². The molecule has 0 saturated carbocycles. The van der Waals surface area contributed by atoms with Gasteiger partial charge in [-0.1, -0.05) is 0 Å². The molecule has 0 spiro atoms. The van der Waals surface area contributed by atoms with Crippen molar-refractivity contribution in [3.8, 4) is 11.5 Å². The first-order chi connectivity index (χ1) is 12.6. The highest BCUT2D eigenvalue weighted by Gasteiger charge is 2.19. The van der Waals surface area contributed by atoms with Gasteiger partial charge in [-0.15, -0.1) is 0 Å². The van der Waals surface area contributed by atoms with Gasteiger partial charge in [0.25, 0.3) is 0 Å². The minimum Gasteiger partial charge on any atom is -0.494 e. The van der Waals surface area contributed by atoms with Crippen LogP contribution in [0.1, 0.15) is 32.3 Å². The predicted molar refractivity (Wildman–Crippen MR) is 96.5 cm³/mol. The fourth-order valence-corrected chi connectivity index (χ4v) is 2.46. The highest BCUT2D eigenvalue weighted by Crippen LogP contribution is 2.23. The Morgan fingerprint density at radius 2 is 2.08 bits per heavy atom. The molecular formula is C18H25N3O5. The monoisotopic (exact) mass is 363 g/mol. The number of rotatable bonds is 8. The van der Waals surface area contributed by atoms with E-state index in [4.69, 9.17) is 14.2 Å². The Kier molecular flexibility index (Phi) is 7.88. The molecule has 1 heterocycles. The van der Waals surface area contributed by atoms with Crippen LogP contribution in [-0.4, -0.2) is 50.5 Å². The number of nitrogens with zero attached hydrogens (tertiary/aromatic N) is 1. The molecule has 0 radical (unpaired) electrons. The third kappa shape index (κ3) is 6.03. The smallest absolute Gasteiger partial charge is 0.329 e. The van der Waals surface area contributed by atoms with Crippen LogP contribution in [0.2, 0.25) is 0 Å². The molecule has 8 heteroatoms. The van der Waals surface area contributed by atoms with E-state index in [0.717, 1.165) is 12.8 Å². The maximum Gasteiger partial charge on any atom is 0.329 e. The standard InChI is InChI=1S/C18H25N3O5/c1-3-24-14-8-7-13(16(10-14)25-4-2)11-20-21-18(23)17(22)19-12-15-6-5-9-26-15/h7-8,10-11,15H,3-6,9,12H2,1-2H3,(H,19,22)(H,21,23)/b20-11-/t15-/m1/s1. The molecule has 8 nitrogen and oxygen atoms in total. The number of carbonyl (C=O) groups is 2. The molecule has 1 aliphatic heterocycles. The molecular weight excluding hydrogens is 338 g/mol. The molecule has 1 atom stereocenters. The Balaban J connectivity index is 1.87. The van der Waals surface area contributed by atoms with E-state index in [2.05, 4.69) is 15.8 Å². The molecule has 1 aromatic rings. The van der Waals surface area contributed by atoms with Gasteiger partial charge in [0.1, 0.15) is 11.5 Å². The SMILES string of the molecule is CCOc1ccc(/C=N\NC(=O)C(=O)NC[C@H]2CCCO2)c(OCC)c1. The summed E-state index contributed by atoms with van der Waals surface area (Å²) in [5, 5.41) is 6.36. The number of hydrogen-bond donors (Lipinski definition) is 2. The van der Waals surface area contributed by atoms with Crippen LogP contribution >= 0.6 is 0 Å². The lowest BCUT2D eigenvalue weighted by molar-refractivity contribution is -0.139. The topological polar surface area (TPSA) is 98.2 Å². The highest BCUT2D eigenvalue weighted by molar-refractivity contribution is 6.35. The molecule has 1 aromatic carbocycles. The number of nitrogens with one attached hydrogen (secondary N) is 2. The summed E-state index contributed by atoms with van der Waals surface area (Å²) >= 11 is 0. The summed E-state index contributed by atoms with van der Waals surface area (Å²) in [7, 11) is 0. The van der Waals surface area contributed by atoms with Crippen LogP contribution in [-0.2, 0) is 14.3 Å². The average molecular weight is 363 g/mol. The fraction of sp³-hybridized carbons (Fsp3) is 0.500. The Hall–Kier alpha value is -2.61. The van der Waals surface area contributed by atoms with E-state index in [1.165, 1.54) is 6.21 Å². The molecule has 1 aliphatic rings. The number of hydrogen-bond acceptors (Lipinski definition) is 6. The summed E-state index contributed by atoms with van der Waals surface area (Å²) < 4.78 is 16.4. The molecule has 26 heavy (non-hydrogen) atoms. The summed E-state index contributed by atoms with van der Waals surface area (Å²) in [6.45, 7) is 5.82. The second kappa shape index (κ2) is 10.4. The van der Waals surface area contributed by atoms with Gasteiger partial charge in [-0.25, -0.2) is 5.43 Å². The lowest BCUT2D eigenvalue weighted by Gasteiger charge is -2.10.